The Kier molecular flexibility index (Phi) is 91.8. The summed E-state index contributed by atoms with van der Waals surface area (Å²) in [6, 6.07) is 32.3. The van der Waals surface area contributed by atoms with Gasteiger partial charge in [-0.1, -0.05) is 246 Å². The maximum atomic E-state index is 12.9. The van der Waals surface area contributed by atoms with Gasteiger partial charge >= 0.3 is 38.0 Å². The van der Waals surface area contributed by atoms with Crippen LogP contribution in [0.3, 0.4) is 0 Å². The maximum absolute atomic E-state index is 12.9. The van der Waals surface area contributed by atoms with Gasteiger partial charge in [0.2, 0.25) is 0 Å². The average molecular weight is 2840 g/mol. The number of nitro groups is 3. The third-order valence-corrected chi connectivity index (χ3v) is 31.8. The van der Waals surface area contributed by atoms with Crippen molar-refractivity contribution < 1.29 is 121 Å². The Morgan fingerprint density at radius 2 is 0.650 bits per heavy atom. The first-order chi connectivity index (χ1) is 53.3. The van der Waals surface area contributed by atoms with Crippen LogP contribution in [0.1, 0.15) is 205 Å². The standard InChI is InChI=1S/C13H20NO5P.C13H22NO3P.C12H18NO5P.C12H20NO3P.C11H16NO5P.C3H5I3.C3H6I2.C3H6I.C3H7.2CH3I.HI.2V.H2/c1-5-18-20(17,19-6-2)13(3,4)11-7-9-12(10-8-11)14(15)16;1-5-16-18(15,17-6-2)13(3,4)11-7-9-12(14)10-8-11;1-4-17-19(16,18-5-2)10(3)11-6-8-12(9-7-11)13(14)15;1-4-15-17(14,16-5-2)10(3)11-6-8-12(13)9-7-11;1-3-16-18(15,17-4-2)9-10-5-7-11(8-6-10)12(13)14;1-2-3(4,5)6;1-2-3(4)5;1-2-3-4;1-3-2;2*1-2;;;;/h7-10H,5-6H2,1-4H3;7-10H,5-6,14H2,1-4H3;6-10H,4-5H2,1-3H3;6-10H,4-5,13H2,1-3H3;5-8H,3-4,9H2,1-2H3;2H2,1H3;3H,2H2,1H3;3H,2H2,1H3;1,3H2,2H3;2*1H3;1H;;;1H/q;;;;;;;2*-1;;;;;;. The Hall–Kier alpha value is 2.39. The van der Waals surface area contributed by atoms with Gasteiger partial charge < -0.3 is 86.2 Å². The van der Waals surface area contributed by atoms with Gasteiger partial charge in [-0.2, -0.15) is 12.8 Å². The number of rotatable bonds is 36. The third kappa shape index (κ3) is 58.6. The number of nitrogens with zero attached hydrogens (tertiary/aromatic N) is 3. The molecule has 117 heavy (non-hydrogen) atoms. The van der Waals surface area contributed by atoms with E-state index in [1.165, 1.54) is 55.7 Å². The van der Waals surface area contributed by atoms with Gasteiger partial charge in [0.15, 0.2) is 0 Å². The van der Waals surface area contributed by atoms with E-state index in [-0.39, 0.29) is 118 Å². The predicted molar refractivity (Wildman–Crippen MR) is 561 cm³/mol. The molecule has 2 atom stereocenters. The summed E-state index contributed by atoms with van der Waals surface area (Å²) in [5.41, 5.74) is 15.7. The Morgan fingerprint density at radius 1 is 0.444 bits per heavy atom. The molecule has 4 N–H and O–H groups in total. The third-order valence-electron chi connectivity index (χ3n) is 14.2. The van der Waals surface area contributed by atoms with E-state index in [2.05, 4.69) is 213 Å². The van der Waals surface area contributed by atoms with Crippen LogP contribution in [0.4, 0.5) is 28.4 Å². The number of hydrogen-bond donors (Lipinski definition) is 2. The van der Waals surface area contributed by atoms with Crippen LogP contribution < -0.4 is 11.5 Å². The molecule has 2 radical (unpaired) electrons. The van der Waals surface area contributed by atoms with E-state index in [9.17, 15) is 53.2 Å². The van der Waals surface area contributed by atoms with Gasteiger partial charge in [-0.25, -0.2) is 0 Å². The number of non-ortho nitro benzene ring substituents is 3. The molecule has 2 unspecified atom stereocenters. The number of nitrogens with two attached hydrogens (primary N) is 2. The number of alkyl halides is 7. The maximum Gasteiger partial charge on any atom is 0.340 e. The monoisotopic (exact) mass is 2830 g/mol. The van der Waals surface area contributed by atoms with Gasteiger partial charge in [0.25, 0.3) is 17.1 Å². The van der Waals surface area contributed by atoms with Crippen LogP contribution in [0.2, 0.25) is 0 Å². The number of anilines is 2. The molecule has 0 aromatic heterocycles. The molecule has 42 heteroatoms. The van der Waals surface area contributed by atoms with Crippen molar-refractivity contribution in [2.24, 2.45) is 0 Å². The average Bonchev–Trinajstić information content (AvgIpc) is 0.782. The molecule has 0 fully saturated rings. The Balaban J connectivity index is -0.000000144. The molecular weight excluding hydrogens is 2710 g/mol. The first kappa shape index (κ1) is 137. The van der Waals surface area contributed by atoms with E-state index in [1.807, 2.05) is 75.7 Å². The summed E-state index contributed by atoms with van der Waals surface area (Å²) in [4.78, 5) is 34.3. The van der Waals surface area contributed by atoms with E-state index in [0.29, 0.717) is 67.1 Å². The molecule has 0 aliphatic carbocycles. The molecule has 0 amide bonds. The second kappa shape index (κ2) is 78.3. The zero-order valence-corrected chi connectivity index (χ0v) is 98.2. The molecule has 0 spiro atoms. The summed E-state index contributed by atoms with van der Waals surface area (Å²) < 4.78 is 119. The van der Waals surface area contributed by atoms with Crippen LogP contribution in [-0.2, 0) is 122 Å². The first-order valence-corrected chi connectivity index (χ1v) is 55.8. The molecular formula is C75H129I9N5O21P5V2-2. The summed E-state index contributed by atoms with van der Waals surface area (Å²) in [5.74, 6) is 0. The molecule has 680 valence electrons. The van der Waals surface area contributed by atoms with Crippen molar-refractivity contribution in [2.45, 2.75) is 193 Å². The smallest absolute Gasteiger partial charge is 0.340 e. The Bertz CT molecular complexity index is 3520. The minimum atomic E-state index is -3.35. The van der Waals surface area contributed by atoms with E-state index < -0.39 is 68.7 Å². The molecule has 5 aromatic carbocycles. The molecule has 0 saturated heterocycles. The SMILES string of the molecule is CCC(I)(I)I.CCC(I)I.CCOP(=O)(Cc1ccc([N+](=O)[O-])cc1)OCC.CCOP(=O)(OCC)C(C)(C)c1ccc(N)cc1.CCOP(=O)(OCC)C(C)(C)c1ccc([N+](=O)[O-])cc1.CCOP(=O)(OCC)C(C)c1ccc(N)cc1.CCOP(=O)(OCC)C(C)c1ccc([N+](=O)[O-])cc1.CC[CH-]I.CI.CI.I.[CH2-]CC.[HH].[V].[V]. The second-order valence-electron chi connectivity index (χ2n) is 23.2. The van der Waals surface area contributed by atoms with Crippen molar-refractivity contribution in [3.63, 3.8) is 0 Å². The van der Waals surface area contributed by atoms with Crippen LogP contribution in [0.25, 0.3) is 0 Å². The largest absolute Gasteiger partial charge is 0.399 e. The van der Waals surface area contributed by atoms with Crippen molar-refractivity contribution in [3.8, 4) is 0 Å². The molecule has 5 rings (SSSR count). The summed E-state index contributed by atoms with van der Waals surface area (Å²) in [6.07, 6.45) is 4.81. The Morgan fingerprint density at radius 3 is 0.855 bits per heavy atom. The van der Waals surface area contributed by atoms with Crippen LogP contribution >= 0.6 is 243 Å². The van der Waals surface area contributed by atoms with Gasteiger partial charge in [0.1, 0.15) is -0.565 Å². The molecule has 0 saturated carbocycles. The number of halogens is 9. The fourth-order valence-corrected chi connectivity index (χ4v) is 17.3. The summed E-state index contributed by atoms with van der Waals surface area (Å²) >= 11 is 18.6. The molecule has 5 aromatic rings. The van der Waals surface area contributed by atoms with Gasteiger partial charge in [-0.05, 0) is 186 Å². The van der Waals surface area contributed by atoms with Crippen molar-refractivity contribution in [3.05, 3.63) is 191 Å². The summed E-state index contributed by atoms with van der Waals surface area (Å²) in [7, 11) is -16.0. The van der Waals surface area contributed by atoms with Gasteiger partial charge in [-0.3, -0.25) is 57.6 Å². The van der Waals surface area contributed by atoms with Crippen LogP contribution in [-0.4, -0.2) is 92.1 Å². The summed E-state index contributed by atoms with van der Waals surface area (Å²) in [5, 5.41) is 30.2. The second-order valence-corrected chi connectivity index (χ2v) is 53.2. The van der Waals surface area contributed by atoms with Crippen molar-refractivity contribution in [2.75, 3.05) is 87.4 Å². The van der Waals surface area contributed by atoms with E-state index in [4.69, 9.17) is 56.7 Å². The Labute approximate surface area is 852 Å². The van der Waals surface area contributed by atoms with Crippen molar-refractivity contribution in [1.82, 2.24) is 0 Å². The van der Waals surface area contributed by atoms with Crippen LogP contribution in [0.15, 0.2) is 121 Å². The van der Waals surface area contributed by atoms with E-state index in [1.54, 1.807) is 137 Å². The van der Waals surface area contributed by atoms with E-state index >= 15 is 0 Å². The van der Waals surface area contributed by atoms with Crippen LogP contribution in [0, 0.1) is 41.7 Å². The van der Waals surface area contributed by atoms with Crippen molar-refractivity contribution >= 4 is 271 Å². The number of hydrogen-bond acceptors (Lipinski definition) is 23. The van der Waals surface area contributed by atoms with Gasteiger partial charge in [-0.15, -0.1) is 24.0 Å². The summed E-state index contributed by atoms with van der Waals surface area (Å²) in [6.45, 7) is 43.7. The van der Waals surface area contributed by atoms with Crippen molar-refractivity contribution in [1.29, 1.82) is 0 Å². The number of nitro benzene ring substituents is 3. The zero-order valence-electron chi connectivity index (χ0n) is 71.3. The fourth-order valence-electron chi connectivity index (χ4n) is 8.32. The van der Waals surface area contributed by atoms with E-state index in [0.717, 1.165) is 19.5 Å². The molecule has 0 heterocycles. The zero-order chi connectivity index (χ0) is 89.8. The number of nitrogen functional groups attached to an aromatic ring is 2. The molecule has 0 bridgehead atoms. The minimum Gasteiger partial charge on any atom is -0.399 e. The minimum absolute atomic E-state index is 0. The molecule has 0 aliphatic rings. The van der Waals surface area contributed by atoms with Gasteiger partial charge in [0, 0.05) is 86.3 Å². The molecule has 0 aliphatic heterocycles. The van der Waals surface area contributed by atoms with Gasteiger partial charge in [0.05, 0.1) is 111 Å². The normalized spacial score (nSPS) is 11.5. The van der Waals surface area contributed by atoms with Crippen LogP contribution in [0.5, 0.6) is 0 Å². The fraction of sp³-hybridized carbons (Fsp3) is 0.573. The topological polar surface area (TPSA) is 359 Å². The first-order valence-electron chi connectivity index (χ1n) is 36.5. The quantitative estimate of drug-likeness (QED) is 0.00715. The predicted octanol–water partition coefficient (Wildman–Crippen LogP) is 30.9. The number of benzene rings is 5. The molecule has 26 nitrogen and oxygen atoms in total.